The van der Waals surface area contributed by atoms with Crippen LogP contribution >= 0.6 is 15.9 Å². The lowest BCUT2D eigenvalue weighted by Crippen LogP contribution is -2.20. The van der Waals surface area contributed by atoms with Gasteiger partial charge in [-0.2, -0.15) is 47.4 Å². The van der Waals surface area contributed by atoms with Crippen LogP contribution in [0.4, 0.5) is 26.3 Å². The smallest absolute Gasteiger partial charge is 0.377 e. The van der Waals surface area contributed by atoms with Crippen LogP contribution in [0.1, 0.15) is 81.8 Å². The van der Waals surface area contributed by atoms with Crippen molar-refractivity contribution < 1.29 is 35.8 Å². The number of hydrogen-bond acceptors (Lipinski definition) is 6. The lowest BCUT2D eigenvalue weighted by atomic mass is 9.81. The predicted molar refractivity (Wildman–Crippen MR) is 177 cm³/mol. The van der Waals surface area contributed by atoms with Gasteiger partial charge in [0.05, 0.1) is 37.5 Å². The first-order chi connectivity index (χ1) is 23.3. The second-order valence-electron chi connectivity index (χ2n) is 11.0. The van der Waals surface area contributed by atoms with Crippen molar-refractivity contribution in [2.24, 2.45) is 11.3 Å². The molecule has 0 aliphatic heterocycles. The largest absolute Gasteiger partial charge is 0.389 e. The first kappa shape index (κ1) is 45.4. The Bertz CT molecular complexity index is 1260. The molecule has 49 heavy (non-hydrogen) atoms. The number of benzene rings is 2. The summed E-state index contributed by atoms with van der Waals surface area (Å²) in [5.74, 6) is -1.14. The third-order valence-electron chi connectivity index (χ3n) is 6.83. The third kappa shape index (κ3) is 27.0. The summed E-state index contributed by atoms with van der Waals surface area (Å²) in [4.78, 5) is 0. The molecular weight excluding hydrogens is 714 g/mol. The summed E-state index contributed by atoms with van der Waals surface area (Å²) in [5, 5.41) is 35.4. The Hall–Kier alpha value is -3.62. The van der Waals surface area contributed by atoms with Crippen molar-refractivity contribution in [1.29, 1.82) is 21.0 Å². The molecule has 0 aromatic heterocycles. The molecule has 0 unspecified atom stereocenters. The molecule has 0 saturated heterocycles. The van der Waals surface area contributed by atoms with Crippen molar-refractivity contribution >= 4 is 15.9 Å². The van der Waals surface area contributed by atoms with Crippen LogP contribution in [-0.4, -0.2) is 30.9 Å². The molecule has 0 aliphatic carbocycles. The number of ether oxygens (including phenoxy) is 2. The van der Waals surface area contributed by atoms with Crippen molar-refractivity contribution in [3.05, 3.63) is 71.8 Å². The van der Waals surface area contributed by atoms with E-state index in [4.69, 9.17) is 30.5 Å². The van der Waals surface area contributed by atoms with E-state index >= 15 is 0 Å². The zero-order valence-corrected chi connectivity index (χ0v) is 29.0. The first-order valence-electron chi connectivity index (χ1n) is 15.9. The maximum atomic E-state index is 12.3. The Labute approximate surface area is 294 Å². The Morgan fingerprint density at radius 1 is 0.571 bits per heavy atom. The van der Waals surface area contributed by atoms with Crippen LogP contribution in [0.5, 0.6) is 0 Å². The van der Waals surface area contributed by atoms with E-state index in [-0.39, 0.29) is 6.42 Å². The summed E-state index contributed by atoms with van der Waals surface area (Å²) in [6, 6.07) is 26.5. The number of nitriles is 4. The quantitative estimate of drug-likeness (QED) is 0.0801. The molecule has 0 aliphatic rings. The highest BCUT2D eigenvalue weighted by Crippen LogP contribution is 2.34. The van der Waals surface area contributed by atoms with Crippen LogP contribution in [0.3, 0.4) is 0 Å². The van der Waals surface area contributed by atoms with Crippen molar-refractivity contribution in [1.82, 2.24) is 0 Å². The normalized spacial score (nSPS) is 11.1. The predicted octanol–water partition coefficient (Wildman–Crippen LogP) is 10.9. The number of halogens is 7. The van der Waals surface area contributed by atoms with E-state index in [0.717, 1.165) is 30.5 Å². The second-order valence-corrected chi connectivity index (χ2v) is 11.8. The number of rotatable bonds is 19. The molecule has 0 amide bonds. The molecule has 2 aromatic carbocycles. The summed E-state index contributed by atoms with van der Waals surface area (Å²) in [6.45, 7) is 2.69. The van der Waals surface area contributed by atoms with Gasteiger partial charge in [-0.25, -0.2) is 0 Å². The van der Waals surface area contributed by atoms with Gasteiger partial charge in [-0.1, -0.05) is 95.9 Å². The average molecular weight is 758 g/mol. The number of nitrogens with zero attached hydrogens (tertiary/aromatic N) is 4. The zero-order chi connectivity index (χ0) is 36.9. The first-order valence-corrected chi connectivity index (χ1v) is 17.0. The Morgan fingerprint density at radius 2 is 1.02 bits per heavy atom. The summed E-state index contributed by atoms with van der Waals surface area (Å²) < 4.78 is 82.4. The summed E-state index contributed by atoms with van der Waals surface area (Å²) in [5.41, 5.74) is 0.797. The van der Waals surface area contributed by atoms with Gasteiger partial charge < -0.3 is 9.47 Å². The van der Waals surface area contributed by atoms with E-state index in [0.29, 0.717) is 26.1 Å². The molecule has 268 valence electrons. The van der Waals surface area contributed by atoms with E-state index in [2.05, 4.69) is 28.1 Å². The van der Waals surface area contributed by atoms with Gasteiger partial charge in [0.25, 0.3) is 0 Å². The van der Waals surface area contributed by atoms with Crippen LogP contribution in [-0.2, 0) is 22.7 Å². The van der Waals surface area contributed by atoms with Crippen molar-refractivity contribution in [3.63, 3.8) is 0 Å². The van der Waals surface area contributed by atoms with Crippen LogP contribution < -0.4 is 0 Å². The van der Waals surface area contributed by atoms with Crippen LogP contribution in [0.25, 0.3) is 0 Å². The van der Waals surface area contributed by atoms with Crippen LogP contribution in [0.2, 0.25) is 0 Å². The average Bonchev–Trinajstić information content (AvgIpc) is 3.08. The zero-order valence-electron chi connectivity index (χ0n) is 27.4. The van der Waals surface area contributed by atoms with Crippen LogP contribution in [0.15, 0.2) is 60.7 Å². The number of hydrogen-bond donors (Lipinski definition) is 0. The highest BCUT2D eigenvalue weighted by atomic mass is 79.9. The van der Waals surface area contributed by atoms with E-state index in [1.165, 1.54) is 37.0 Å². The number of unbranched alkanes of at least 4 members (excludes halogenated alkanes) is 4. The minimum Gasteiger partial charge on any atom is -0.377 e. The highest BCUT2D eigenvalue weighted by molar-refractivity contribution is 9.09. The molecule has 0 atom stereocenters. The van der Waals surface area contributed by atoms with Gasteiger partial charge in [0.2, 0.25) is 0 Å². The Balaban J connectivity index is 0.000000779. The van der Waals surface area contributed by atoms with Crippen molar-refractivity contribution in [3.8, 4) is 24.3 Å². The Kier molecular flexibility index (Phi) is 25.2. The lowest BCUT2D eigenvalue weighted by Gasteiger charge is -2.19. The fourth-order valence-electron chi connectivity index (χ4n) is 4.01. The molecule has 0 bridgehead atoms. The lowest BCUT2D eigenvalue weighted by molar-refractivity contribution is -0.138. The minimum atomic E-state index is -4.34. The van der Waals surface area contributed by atoms with E-state index < -0.39 is 49.4 Å². The number of alkyl halides is 7. The van der Waals surface area contributed by atoms with E-state index in [1.807, 2.05) is 48.5 Å². The van der Waals surface area contributed by atoms with Gasteiger partial charge in [-0.3, -0.25) is 0 Å². The summed E-state index contributed by atoms with van der Waals surface area (Å²) >= 11 is 3.41. The standard InChI is InChI=1S/C18H21F3N2O.C12H17BrO.C6H5F3N2/c19-18(20,21)11-10-17(14-22,15-23)9-5-2-6-12-24-13-16-7-3-1-4-8-16;13-9-5-2-6-10-14-11-12-7-3-1-4-8-12;7-6(8,9)2-1-5(3-10)4-11/h1,3-4,7-8H,2,5-6,9-13H2;1,3-4,7-8H,2,5-6,9-11H2;5H,1-2H2. The molecule has 0 radical (unpaired) electrons. The van der Waals surface area contributed by atoms with Gasteiger partial charge in [-0.15, -0.1) is 0 Å². The van der Waals surface area contributed by atoms with Gasteiger partial charge in [0.15, 0.2) is 0 Å². The topological polar surface area (TPSA) is 114 Å². The van der Waals surface area contributed by atoms with Gasteiger partial charge in [0, 0.05) is 31.4 Å². The minimum absolute atomic E-state index is 0.161. The highest BCUT2D eigenvalue weighted by Gasteiger charge is 2.36. The molecule has 0 heterocycles. The molecule has 0 N–H and O–H groups in total. The maximum absolute atomic E-state index is 12.3. The van der Waals surface area contributed by atoms with Gasteiger partial charge in [0.1, 0.15) is 11.3 Å². The SMILES string of the molecule is BrCCCCCOCc1ccccc1.N#CC(C#N)(CCCCCOCc1ccccc1)CCC(F)(F)F.N#CC(C#N)CCC(F)(F)F. The third-order valence-corrected chi connectivity index (χ3v) is 7.39. The fourth-order valence-corrected chi connectivity index (χ4v) is 4.40. The van der Waals surface area contributed by atoms with Gasteiger partial charge in [-0.05, 0) is 49.7 Å². The molecule has 2 rings (SSSR count). The molecule has 0 saturated carbocycles. The monoisotopic (exact) mass is 756 g/mol. The summed E-state index contributed by atoms with van der Waals surface area (Å²) in [6.07, 6.45) is -5.87. The second kappa shape index (κ2) is 27.2. The summed E-state index contributed by atoms with van der Waals surface area (Å²) in [7, 11) is 0. The molecule has 0 fully saturated rings. The molecule has 0 spiro atoms. The molecule has 2 aromatic rings. The molecule has 13 heteroatoms. The molecular formula is C36H43BrF6N4O2. The van der Waals surface area contributed by atoms with Crippen molar-refractivity contribution in [2.75, 3.05) is 18.5 Å². The maximum Gasteiger partial charge on any atom is 0.389 e. The van der Waals surface area contributed by atoms with Crippen LogP contribution in [0, 0.1) is 56.7 Å². The van der Waals surface area contributed by atoms with E-state index in [1.54, 1.807) is 12.1 Å². The van der Waals surface area contributed by atoms with E-state index in [9.17, 15) is 26.3 Å². The Morgan fingerprint density at radius 3 is 1.41 bits per heavy atom. The van der Waals surface area contributed by atoms with Crippen molar-refractivity contribution in [2.45, 2.75) is 96.2 Å². The van der Waals surface area contributed by atoms with Gasteiger partial charge >= 0.3 is 12.4 Å². The molecule has 6 nitrogen and oxygen atoms in total. The fraction of sp³-hybridized carbons (Fsp3) is 0.556.